The largest absolute Gasteiger partial charge is 0.491 e. The summed E-state index contributed by atoms with van der Waals surface area (Å²) < 4.78 is 5.66. The topological polar surface area (TPSA) is 87.7 Å². The molecule has 2 aromatic rings. The molecular weight excluding hydrogens is 394 g/mol. The van der Waals surface area contributed by atoms with Crippen LogP contribution in [0.25, 0.3) is 5.57 Å². The minimum absolute atomic E-state index is 0.0576. The first kappa shape index (κ1) is 22.1. The van der Waals surface area contributed by atoms with E-state index in [2.05, 4.69) is 10.6 Å². The van der Waals surface area contributed by atoms with E-state index in [1.165, 1.54) is 11.8 Å². The van der Waals surface area contributed by atoms with E-state index in [-0.39, 0.29) is 35.6 Å². The first-order valence-electron chi connectivity index (χ1n) is 10.2. The highest BCUT2D eigenvalue weighted by molar-refractivity contribution is 6.36. The van der Waals surface area contributed by atoms with Gasteiger partial charge in [-0.3, -0.25) is 19.3 Å². The van der Waals surface area contributed by atoms with Gasteiger partial charge in [-0.1, -0.05) is 12.1 Å². The number of nitrogens with zero attached hydrogens (tertiary/aromatic N) is 1. The van der Waals surface area contributed by atoms with Gasteiger partial charge < -0.3 is 15.4 Å². The second kappa shape index (κ2) is 9.04. The molecule has 7 heteroatoms. The van der Waals surface area contributed by atoms with Gasteiger partial charge in [0.05, 0.1) is 11.7 Å². The Morgan fingerprint density at radius 1 is 0.871 bits per heavy atom. The van der Waals surface area contributed by atoms with Crippen LogP contribution < -0.4 is 15.4 Å². The fourth-order valence-corrected chi connectivity index (χ4v) is 3.36. The van der Waals surface area contributed by atoms with Gasteiger partial charge in [-0.15, -0.1) is 0 Å². The van der Waals surface area contributed by atoms with Gasteiger partial charge in [-0.2, -0.15) is 0 Å². The van der Waals surface area contributed by atoms with Crippen molar-refractivity contribution in [3.63, 3.8) is 0 Å². The Morgan fingerprint density at radius 2 is 1.45 bits per heavy atom. The molecule has 0 fully saturated rings. The van der Waals surface area contributed by atoms with Crippen molar-refractivity contribution in [3.05, 3.63) is 59.8 Å². The van der Waals surface area contributed by atoms with Gasteiger partial charge in [0.15, 0.2) is 0 Å². The number of hydrogen-bond donors (Lipinski definition) is 2. The fourth-order valence-electron chi connectivity index (χ4n) is 3.36. The third kappa shape index (κ3) is 4.94. The summed E-state index contributed by atoms with van der Waals surface area (Å²) in [5, 5.41) is 5.82. The molecule has 0 saturated heterocycles. The highest BCUT2D eigenvalue weighted by atomic mass is 16.5. The maximum atomic E-state index is 13.1. The molecule has 0 bridgehead atoms. The van der Waals surface area contributed by atoms with Crippen LogP contribution in [-0.2, 0) is 14.4 Å². The number of hydrogen-bond acceptors (Lipinski definition) is 5. The summed E-state index contributed by atoms with van der Waals surface area (Å²) in [7, 11) is 0. The minimum atomic E-state index is -0.372. The van der Waals surface area contributed by atoms with E-state index in [4.69, 9.17) is 4.74 Å². The number of nitrogens with one attached hydrogen (secondary N) is 2. The predicted molar refractivity (Wildman–Crippen MR) is 120 cm³/mol. The minimum Gasteiger partial charge on any atom is -0.491 e. The molecule has 0 aliphatic carbocycles. The first-order valence-corrected chi connectivity index (χ1v) is 10.2. The van der Waals surface area contributed by atoms with E-state index in [1.54, 1.807) is 50.2 Å². The molecule has 3 rings (SSSR count). The van der Waals surface area contributed by atoms with Crippen molar-refractivity contribution >= 4 is 34.7 Å². The fraction of sp³-hybridized carbons (Fsp3) is 0.292. The van der Waals surface area contributed by atoms with Crippen molar-refractivity contribution < 1.29 is 19.1 Å². The molecule has 1 aliphatic heterocycles. The molecule has 0 aromatic heterocycles. The molecule has 1 aliphatic rings. The van der Waals surface area contributed by atoms with E-state index < -0.39 is 0 Å². The molecule has 0 spiro atoms. The number of carbonyl (C=O) groups is 3. The van der Waals surface area contributed by atoms with Crippen LogP contribution in [0.15, 0.2) is 54.2 Å². The van der Waals surface area contributed by atoms with Crippen LogP contribution in [0.5, 0.6) is 5.75 Å². The summed E-state index contributed by atoms with van der Waals surface area (Å²) in [4.78, 5) is 38.7. The predicted octanol–water partition coefficient (Wildman–Crippen LogP) is 4.03. The molecule has 2 N–H and O–H groups in total. The average Bonchev–Trinajstić information content (AvgIpc) is 2.93. The maximum Gasteiger partial charge on any atom is 0.278 e. The average molecular weight is 421 g/mol. The van der Waals surface area contributed by atoms with E-state index in [9.17, 15) is 14.4 Å². The van der Waals surface area contributed by atoms with Crippen LogP contribution in [0.4, 0.5) is 11.4 Å². The molecule has 162 valence electrons. The second-order valence-corrected chi connectivity index (χ2v) is 7.90. The molecule has 0 saturated carbocycles. The molecule has 0 unspecified atom stereocenters. The van der Waals surface area contributed by atoms with Crippen molar-refractivity contribution in [2.24, 2.45) is 0 Å². The van der Waals surface area contributed by atoms with Gasteiger partial charge in [0.2, 0.25) is 5.91 Å². The van der Waals surface area contributed by atoms with Gasteiger partial charge in [0.1, 0.15) is 11.4 Å². The highest BCUT2D eigenvalue weighted by Gasteiger charge is 2.40. The van der Waals surface area contributed by atoms with Crippen LogP contribution in [-0.4, -0.2) is 34.8 Å². The third-order valence-electron chi connectivity index (χ3n) is 4.62. The quantitative estimate of drug-likeness (QED) is 0.659. The second-order valence-electron chi connectivity index (χ2n) is 7.90. The van der Waals surface area contributed by atoms with Crippen molar-refractivity contribution in [2.75, 3.05) is 10.6 Å². The van der Waals surface area contributed by atoms with Crippen LogP contribution in [0.3, 0.4) is 0 Å². The van der Waals surface area contributed by atoms with Crippen molar-refractivity contribution in [2.45, 2.75) is 46.8 Å². The van der Waals surface area contributed by atoms with Crippen LogP contribution in [0, 0.1) is 0 Å². The van der Waals surface area contributed by atoms with Crippen LogP contribution in [0.2, 0.25) is 0 Å². The Morgan fingerprint density at radius 3 is 1.97 bits per heavy atom. The Hall–Kier alpha value is -3.61. The summed E-state index contributed by atoms with van der Waals surface area (Å²) >= 11 is 0. The zero-order valence-electron chi connectivity index (χ0n) is 18.4. The van der Waals surface area contributed by atoms with Crippen molar-refractivity contribution in [1.82, 2.24) is 4.90 Å². The number of carbonyl (C=O) groups excluding carboxylic acids is 3. The Balaban J connectivity index is 1.97. The molecule has 0 atom stereocenters. The summed E-state index contributed by atoms with van der Waals surface area (Å²) in [6.45, 7) is 8.92. The summed E-state index contributed by atoms with van der Waals surface area (Å²) in [5.74, 6) is -0.184. The number of imide groups is 1. The zero-order valence-corrected chi connectivity index (χ0v) is 18.4. The summed E-state index contributed by atoms with van der Waals surface area (Å²) in [5.41, 5.74) is 2.41. The number of benzene rings is 2. The van der Waals surface area contributed by atoms with E-state index in [1.807, 2.05) is 26.0 Å². The van der Waals surface area contributed by atoms with Gasteiger partial charge in [0, 0.05) is 24.3 Å². The maximum absolute atomic E-state index is 13.1. The number of rotatable bonds is 7. The van der Waals surface area contributed by atoms with E-state index in [0.29, 0.717) is 22.5 Å². The number of anilines is 2. The van der Waals surface area contributed by atoms with E-state index in [0.717, 1.165) is 5.75 Å². The third-order valence-corrected chi connectivity index (χ3v) is 4.62. The Bertz CT molecular complexity index is 1020. The smallest absolute Gasteiger partial charge is 0.278 e. The SMILES string of the molecule is CC(=O)Nc1ccc(C2=C(Nc3ccc(OC(C)C)cc3)C(=O)N(C(C)C)C2=O)cc1. The highest BCUT2D eigenvalue weighted by Crippen LogP contribution is 2.32. The lowest BCUT2D eigenvalue weighted by Gasteiger charge is -2.19. The normalized spacial score (nSPS) is 14.0. The molecular formula is C24H27N3O4. The van der Waals surface area contributed by atoms with Crippen molar-refractivity contribution in [3.8, 4) is 5.75 Å². The van der Waals surface area contributed by atoms with Gasteiger partial charge in [-0.25, -0.2) is 0 Å². The number of ether oxygens (including phenoxy) is 1. The van der Waals surface area contributed by atoms with Crippen molar-refractivity contribution in [1.29, 1.82) is 0 Å². The monoisotopic (exact) mass is 421 g/mol. The van der Waals surface area contributed by atoms with E-state index >= 15 is 0 Å². The Kier molecular flexibility index (Phi) is 6.44. The number of amides is 3. The molecule has 0 radical (unpaired) electrons. The summed E-state index contributed by atoms with van der Waals surface area (Å²) in [6.07, 6.45) is 0.0576. The van der Waals surface area contributed by atoms with Crippen LogP contribution >= 0.6 is 0 Å². The van der Waals surface area contributed by atoms with Crippen LogP contribution in [0.1, 0.15) is 40.2 Å². The molecule has 3 amide bonds. The van der Waals surface area contributed by atoms with Gasteiger partial charge in [0.25, 0.3) is 11.8 Å². The Labute approximate surface area is 182 Å². The zero-order chi connectivity index (χ0) is 22.7. The summed E-state index contributed by atoms with van der Waals surface area (Å²) in [6, 6.07) is 13.8. The molecule has 2 aromatic carbocycles. The molecule has 1 heterocycles. The lowest BCUT2D eigenvalue weighted by molar-refractivity contribution is -0.138. The van der Waals surface area contributed by atoms with Gasteiger partial charge >= 0.3 is 0 Å². The molecule has 7 nitrogen and oxygen atoms in total. The lowest BCUT2D eigenvalue weighted by Crippen LogP contribution is -2.38. The lowest BCUT2D eigenvalue weighted by atomic mass is 10.0. The molecule has 31 heavy (non-hydrogen) atoms. The standard InChI is InChI=1S/C24H27N3O4/c1-14(2)27-23(29)21(17-6-8-18(9-7-17)25-16(5)28)22(24(27)30)26-19-10-12-20(13-11-19)31-15(3)4/h6-15,26H,1-5H3,(H,25,28). The first-order chi connectivity index (χ1) is 14.7. The van der Waals surface area contributed by atoms with Gasteiger partial charge in [-0.05, 0) is 69.7 Å².